The number of para-hydroxylation sites is 1. The third-order valence-corrected chi connectivity index (χ3v) is 3.00. The third-order valence-electron chi connectivity index (χ3n) is 2.76. The van der Waals surface area contributed by atoms with Crippen LogP contribution in [0.1, 0.15) is 0 Å². The first kappa shape index (κ1) is 20.0. The van der Waals surface area contributed by atoms with Gasteiger partial charge in [0.15, 0.2) is 0 Å². The molecule has 0 saturated carbocycles. The Balaban J connectivity index is 3.56. The molecule has 0 saturated heterocycles. The highest BCUT2D eigenvalue weighted by molar-refractivity contribution is 6.25. The Morgan fingerprint density at radius 2 is 1.62 bits per heavy atom. The number of methoxy groups -OCH3 is 1. The molecule has 0 aromatic heterocycles. The maximum Gasteiger partial charge on any atom is 0.392 e. The van der Waals surface area contributed by atoms with Crippen molar-refractivity contribution in [2.45, 2.75) is 17.2 Å². The van der Waals surface area contributed by atoms with E-state index in [-0.39, 0.29) is 5.69 Å². The fraction of sp³-hybridized carbons (Fsp3) is 0.286. The molecule has 0 amide bonds. The molecule has 1 rings (SSSR count). The molecule has 0 aliphatic rings. The molecule has 1 aromatic rings. The first-order chi connectivity index (χ1) is 10.9. The molecule has 0 radical (unpaired) electrons. The Hall–Kier alpha value is -2.03. The molecule has 0 aliphatic heterocycles. The number of carbonyl (C=O) groups is 1. The minimum atomic E-state index is -6.05. The van der Waals surface area contributed by atoms with E-state index in [1.807, 2.05) is 0 Å². The monoisotopic (exact) mass is 373 g/mol. The van der Waals surface area contributed by atoms with E-state index >= 15 is 0 Å². The second kappa shape index (κ2) is 6.84. The van der Waals surface area contributed by atoms with Gasteiger partial charge in [-0.05, 0) is 23.7 Å². The number of nitrogens with zero attached hydrogens (tertiary/aromatic N) is 1. The summed E-state index contributed by atoms with van der Waals surface area (Å²) in [5.74, 6) is -13.2. The number of halogens is 7. The summed E-state index contributed by atoms with van der Waals surface area (Å²) < 4.78 is 84.8. The second-order valence-electron chi connectivity index (χ2n) is 4.41. The Kier molecular flexibility index (Phi) is 5.70. The van der Waals surface area contributed by atoms with Crippen molar-refractivity contribution in [3.8, 4) is 0 Å². The van der Waals surface area contributed by atoms with Gasteiger partial charge in [-0.3, -0.25) is 0 Å². The first-order valence-electron chi connectivity index (χ1n) is 6.10. The van der Waals surface area contributed by atoms with E-state index in [2.05, 4.69) is 27.9 Å². The molecule has 0 aliphatic carbocycles. The number of carbonyl (C=O) groups excluding carboxylic acids is 1. The van der Waals surface area contributed by atoms with E-state index in [4.69, 9.17) is 0 Å². The SMILES string of the molecule is C=C(C(=O)OC)C(=Nc1ccccc1)C(F)(F)C(F)(F)C(F)(F)Cl. The Bertz CT molecular complexity index is 655. The van der Waals surface area contributed by atoms with Crippen LogP contribution in [-0.4, -0.2) is 36.0 Å². The fourth-order valence-electron chi connectivity index (χ4n) is 1.51. The van der Waals surface area contributed by atoms with Crippen molar-refractivity contribution in [2.24, 2.45) is 4.99 Å². The molecule has 1 aromatic carbocycles. The minimum Gasteiger partial charge on any atom is -0.465 e. The molecule has 0 unspecified atom stereocenters. The molecule has 24 heavy (non-hydrogen) atoms. The summed E-state index contributed by atoms with van der Waals surface area (Å²) in [7, 11) is 0.764. The van der Waals surface area contributed by atoms with Crippen molar-refractivity contribution < 1.29 is 35.9 Å². The van der Waals surface area contributed by atoms with Gasteiger partial charge in [0.05, 0.1) is 18.4 Å². The van der Waals surface area contributed by atoms with Crippen LogP contribution in [0.2, 0.25) is 0 Å². The second-order valence-corrected chi connectivity index (χ2v) is 4.89. The van der Waals surface area contributed by atoms with Gasteiger partial charge in [0.25, 0.3) is 0 Å². The van der Waals surface area contributed by atoms with Gasteiger partial charge < -0.3 is 4.74 Å². The summed E-state index contributed by atoms with van der Waals surface area (Å²) in [6.45, 7) is 2.88. The number of aliphatic imine (C=N–C) groups is 1. The van der Waals surface area contributed by atoms with E-state index in [9.17, 15) is 31.1 Å². The number of hydrogen-bond donors (Lipinski definition) is 0. The molecule has 0 heterocycles. The van der Waals surface area contributed by atoms with Crippen LogP contribution in [0.25, 0.3) is 0 Å². The maximum absolute atomic E-state index is 14.1. The lowest BCUT2D eigenvalue weighted by molar-refractivity contribution is -0.250. The van der Waals surface area contributed by atoms with Gasteiger partial charge in [0.1, 0.15) is 5.71 Å². The molecular weight excluding hydrogens is 364 g/mol. The van der Waals surface area contributed by atoms with E-state index in [1.165, 1.54) is 18.2 Å². The lowest BCUT2D eigenvalue weighted by Gasteiger charge is -2.30. The maximum atomic E-state index is 14.1. The molecule has 10 heteroatoms. The Morgan fingerprint density at radius 1 is 1.12 bits per heavy atom. The van der Waals surface area contributed by atoms with Gasteiger partial charge in [0.2, 0.25) is 0 Å². The van der Waals surface area contributed by atoms with Crippen molar-refractivity contribution in [1.29, 1.82) is 0 Å². The summed E-state index contributed by atoms with van der Waals surface area (Å²) in [4.78, 5) is 14.5. The molecule has 0 atom stereocenters. The van der Waals surface area contributed by atoms with Crippen molar-refractivity contribution in [2.75, 3.05) is 7.11 Å². The predicted octanol–water partition coefficient (Wildman–Crippen LogP) is 4.59. The molecule has 0 spiro atoms. The molecule has 0 N–H and O–H groups in total. The zero-order valence-corrected chi connectivity index (χ0v) is 12.8. The number of rotatable bonds is 6. The summed E-state index contributed by atoms with van der Waals surface area (Å²) in [5, 5.41) is -5.61. The molecule has 3 nitrogen and oxygen atoms in total. The van der Waals surface area contributed by atoms with E-state index in [1.54, 1.807) is 0 Å². The van der Waals surface area contributed by atoms with Crippen LogP contribution in [0, 0.1) is 0 Å². The van der Waals surface area contributed by atoms with Crippen molar-refractivity contribution in [1.82, 2.24) is 0 Å². The van der Waals surface area contributed by atoms with Gasteiger partial charge in [0, 0.05) is 0 Å². The van der Waals surface area contributed by atoms with Gasteiger partial charge in [-0.15, -0.1) is 0 Å². The molecular formula is C14H10ClF6NO2. The van der Waals surface area contributed by atoms with Crippen LogP contribution in [0.15, 0.2) is 47.5 Å². The van der Waals surface area contributed by atoms with Crippen LogP contribution in [-0.2, 0) is 9.53 Å². The Labute approximate surface area is 137 Å². The summed E-state index contributed by atoms with van der Waals surface area (Å²) in [5.41, 5.74) is -3.59. The number of benzene rings is 1. The van der Waals surface area contributed by atoms with E-state index in [0.29, 0.717) is 0 Å². The third kappa shape index (κ3) is 3.72. The smallest absolute Gasteiger partial charge is 0.392 e. The number of esters is 1. The first-order valence-corrected chi connectivity index (χ1v) is 6.48. The van der Waals surface area contributed by atoms with Crippen LogP contribution in [0.3, 0.4) is 0 Å². The van der Waals surface area contributed by atoms with Crippen LogP contribution in [0.5, 0.6) is 0 Å². The average molecular weight is 374 g/mol. The van der Waals surface area contributed by atoms with Crippen LogP contribution in [0.4, 0.5) is 32.0 Å². The van der Waals surface area contributed by atoms with E-state index < -0.39 is 34.5 Å². The normalized spacial score (nSPS) is 13.6. The molecule has 132 valence electrons. The van der Waals surface area contributed by atoms with Gasteiger partial charge >= 0.3 is 23.2 Å². The minimum absolute atomic E-state index is 0.300. The number of ether oxygens (including phenoxy) is 1. The Morgan fingerprint density at radius 3 is 2.04 bits per heavy atom. The average Bonchev–Trinajstić information content (AvgIpc) is 2.50. The summed E-state index contributed by atoms with van der Waals surface area (Å²) in [6.07, 6.45) is 0. The molecule has 0 bridgehead atoms. The predicted molar refractivity (Wildman–Crippen MR) is 75.4 cm³/mol. The fourth-order valence-corrected chi connectivity index (χ4v) is 1.62. The highest BCUT2D eigenvalue weighted by atomic mass is 35.5. The van der Waals surface area contributed by atoms with Crippen molar-refractivity contribution in [3.05, 3.63) is 42.5 Å². The number of hydrogen-bond acceptors (Lipinski definition) is 3. The van der Waals surface area contributed by atoms with Gasteiger partial charge in [-0.25, -0.2) is 9.79 Å². The lowest BCUT2D eigenvalue weighted by Crippen LogP contribution is -2.56. The number of alkyl halides is 7. The van der Waals surface area contributed by atoms with E-state index in [0.717, 1.165) is 19.2 Å². The highest BCUT2D eigenvalue weighted by Gasteiger charge is 2.73. The van der Waals surface area contributed by atoms with Gasteiger partial charge in [-0.1, -0.05) is 24.8 Å². The topological polar surface area (TPSA) is 38.7 Å². The summed E-state index contributed by atoms with van der Waals surface area (Å²) >= 11 is 4.11. The van der Waals surface area contributed by atoms with Gasteiger partial charge in [-0.2, -0.15) is 26.3 Å². The zero-order valence-electron chi connectivity index (χ0n) is 12.0. The van der Waals surface area contributed by atoms with Crippen molar-refractivity contribution in [3.63, 3.8) is 0 Å². The highest BCUT2D eigenvalue weighted by Crippen LogP contribution is 2.49. The lowest BCUT2D eigenvalue weighted by atomic mass is 10.00. The van der Waals surface area contributed by atoms with Crippen LogP contribution >= 0.6 is 11.6 Å². The standard InChI is InChI=1S/C14H10ClF6NO2/c1-8(11(23)24-2)10(22-9-6-4-3-5-7-9)12(16,17)13(18,19)14(15,20)21/h3-7H,1H2,2H3. The summed E-state index contributed by atoms with van der Waals surface area (Å²) in [6, 6.07) is 6.36. The van der Waals surface area contributed by atoms with Crippen molar-refractivity contribution >= 4 is 29.0 Å². The van der Waals surface area contributed by atoms with Crippen LogP contribution < -0.4 is 0 Å². The molecule has 0 fully saturated rings. The quantitative estimate of drug-likeness (QED) is 0.240. The zero-order chi connectivity index (χ0) is 18.8. The largest absolute Gasteiger partial charge is 0.465 e.